The summed E-state index contributed by atoms with van der Waals surface area (Å²) in [6, 6.07) is 20.2. The van der Waals surface area contributed by atoms with Crippen LogP contribution < -0.4 is 0 Å². The van der Waals surface area contributed by atoms with Crippen LogP contribution in [-0.2, 0) is 29.2 Å². The van der Waals surface area contributed by atoms with E-state index in [1.807, 2.05) is 52.4 Å². The largest absolute Gasteiger partial charge is 0.480 e. The number of hydrogen-bond donors (Lipinski definition) is 2. The second-order valence-corrected chi connectivity index (χ2v) is 11.9. The van der Waals surface area contributed by atoms with Gasteiger partial charge in [-0.15, -0.1) is 5.10 Å². The molecular formula is C33H39N9O4. The maximum atomic E-state index is 11.8. The lowest BCUT2D eigenvalue weighted by molar-refractivity contribution is -0.139. The molecule has 0 radical (unpaired) electrons. The number of aromatic nitrogens is 5. The van der Waals surface area contributed by atoms with Crippen molar-refractivity contribution in [2.45, 2.75) is 19.6 Å². The zero-order valence-electron chi connectivity index (χ0n) is 25.8. The van der Waals surface area contributed by atoms with Crippen LogP contribution in [0.15, 0.2) is 66.9 Å². The van der Waals surface area contributed by atoms with Gasteiger partial charge in [-0.25, -0.2) is 9.67 Å². The Balaban J connectivity index is 1.43. The first kappa shape index (κ1) is 31.4. The molecule has 13 heteroatoms. The molecule has 6 heterocycles. The second kappa shape index (κ2) is 14.7. The fourth-order valence-corrected chi connectivity index (χ4v) is 6.03. The molecule has 46 heavy (non-hydrogen) atoms. The van der Waals surface area contributed by atoms with Crippen LogP contribution in [0.1, 0.15) is 17.1 Å². The third kappa shape index (κ3) is 8.57. The number of carboxylic acid groups (broad SMARTS) is 2. The molecule has 13 nitrogen and oxygen atoms in total. The molecule has 3 aromatic heterocycles. The molecule has 0 aliphatic carbocycles. The molecule has 3 aliphatic heterocycles. The third-order valence-electron chi connectivity index (χ3n) is 8.39. The highest BCUT2D eigenvalue weighted by Crippen LogP contribution is 2.23. The van der Waals surface area contributed by atoms with Gasteiger partial charge in [-0.1, -0.05) is 41.6 Å². The molecule has 3 aliphatic rings. The molecule has 8 bridgehead atoms. The number of aliphatic carboxylic acids is 2. The summed E-state index contributed by atoms with van der Waals surface area (Å²) in [5.74, 6) is -1.72. The minimum Gasteiger partial charge on any atom is -0.480 e. The molecule has 0 spiro atoms. The highest BCUT2D eigenvalue weighted by Gasteiger charge is 2.21. The number of rotatable bonds is 5. The van der Waals surface area contributed by atoms with Crippen molar-refractivity contribution in [2.75, 3.05) is 65.4 Å². The first-order valence-corrected chi connectivity index (χ1v) is 15.6. The lowest BCUT2D eigenvalue weighted by Gasteiger charge is -2.33. The average molecular weight is 626 g/mol. The molecular weight excluding hydrogens is 586 g/mol. The fourth-order valence-electron chi connectivity index (χ4n) is 6.03. The van der Waals surface area contributed by atoms with Gasteiger partial charge in [-0.2, -0.15) is 0 Å². The quantitative estimate of drug-likeness (QED) is 0.334. The molecule has 240 valence electrons. The number of fused-ring (bicyclic) bond motifs is 8. The van der Waals surface area contributed by atoms with Crippen LogP contribution in [0.25, 0.3) is 22.5 Å². The lowest BCUT2D eigenvalue weighted by atomic mass is 10.0. The SMILES string of the molecule is O=C(O)CN1CCN2CCN(CC(=O)O)CCN(CC1)Cc1cccc(n1)-c1cn(nn1)Cc1cc(-c3ccccc3)cc(n1)C2. The number of benzene rings is 1. The Morgan fingerprint density at radius 1 is 0.609 bits per heavy atom. The Morgan fingerprint density at radius 2 is 1.20 bits per heavy atom. The van der Waals surface area contributed by atoms with Gasteiger partial charge in [-0.3, -0.25) is 34.2 Å². The predicted molar refractivity (Wildman–Crippen MR) is 171 cm³/mol. The summed E-state index contributed by atoms with van der Waals surface area (Å²) in [5, 5.41) is 28.2. The van der Waals surface area contributed by atoms with Crippen molar-refractivity contribution in [2.24, 2.45) is 0 Å². The summed E-state index contributed by atoms with van der Waals surface area (Å²) in [6.45, 7) is 6.04. The molecule has 0 atom stereocenters. The van der Waals surface area contributed by atoms with Crippen molar-refractivity contribution in [1.29, 1.82) is 0 Å². The Morgan fingerprint density at radius 3 is 1.80 bits per heavy atom. The maximum Gasteiger partial charge on any atom is 0.317 e. The van der Waals surface area contributed by atoms with E-state index in [0.29, 0.717) is 83.4 Å². The highest BCUT2D eigenvalue weighted by molar-refractivity contribution is 5.69. The summed E-state index contributed by atoms with van der Waals surface area (Å²) < 4.78 is 1.78. The number of pyridine rings is 2. The van der Waals surface area contributed by atoms with Crippen LogP contribution >= 0.6 is 0 Å². The number of carbonyl (C=O) groups is 2. The van der Waals surface area contributed by atoms with Gasteiger partial charge in [0.2, 0.25) is 0 Å². The van der Waals surface area contributed by atoms with E-state index in [4.69, 9.17) is 9.97 Å². The average Bonchev–Trinajstić information content (AvgIpc) is 3.50. The monoisotopic (exact) mass is 625 g/mol. The number of nitrogens with zero attached hydrogens (tertiary/aromatic N) is 9. The zero-order chi connectivity index (χ0) is 31.9. The molecule has 4 aromatic rings. The van der Waals surface area contributed by atoms with E-state index < -0.39 is 11.9 Å². The van der Waals surface area contributed by atoms with Crippen LogP contribution in [0.2, 0.25) is 0 Å². The standard InChI is InChI=1S/C33H39N9O4/c43-32(44)23-40-13-9-38-10-14-41(24-33(45)46)16-12-39(11-15-40)20-28-17-26(25-5-2-1-3-6-25)18-29(34-28)21-42-22-31(36-37-42)30-8-4-7-27(19-38)35-30/h1-8,17-18,22H,9-16,19-21,23-24H2,(H,43,44)(H,45,46). The first-order chi connectivity index (χ1) is 22.4. The van der Waals surface area contributed by atoms with E-state index in [9.17, 15) is 19.8 Å². The van der Waals surface area contributed by atoms with Crippen molar-refractivity contribution in [3.05, 3.63) is 83.9 Å². The lowest BCUT2D eigenvalue weighted by Crippen LogP contribution is -2.47. The van der Waals surface area contributed by atoms with Gasteiger partial charge in [0.15, 0.2) is 0 Å². The van der Waals surface area contributed by atoms with E-state index in [1.165, 1.54) is 0 Å². The van der Waals surface area contributed by atoms with Crippen LogP contribution in [0, 0.1) is 0 Å². The van der Waals surface area contributed by atoms with Crippen molar-refractivity contribution >= 4 is 11.9 Å². The number of hydrogen-bond acceptors (Lipinski definition) is 10. The normalized spacial score (nSPS) is 20.0. The van der Waals surface area contributed by atoms with E-state index in [-0.39, 0.29) is 13.1 Å². The molecule has 1 aromatic carbocycles. The number of carboxylic acids is 2. The Kier molecular flexibility index (Phi) is 10.0. The Labute approximate surface area is 267 Å². The molecule has 1 saturated heterocycles. The van der Waals surface area contributed by atoms with Gasteiger partial charge in [0.05, 0.1) is 48.6 Å². The van der Waals surface area contributed by atoms with Crippen LogP contribution in [0.4, 0.5) is 0 Å². The molecule has 1 fully saturated rings. The summed E-state index contributed by atoms with van der Waals surface area (Å²) in [7, 11) is 0. The smallest absolute Gasteiger partial charge is 0.317 e. The van der Waals surface area contributed by atoms with E-state index in [1.54, 1.807) is 4.68 Å². The maximum absolute atomic E-state index is 11.8. The molecule has 7 rings (SSSR count). The van der Waals surface area contributed by atoms with Gasteiger partial charge in [0.25, 0.3) is 0 Å². The predicted octanol–water partition coefficient (Wildman–Crippen LogP) is 1.85. The van der Waals surface area contributed by atoms with Gasteiger partial charge < -0.3 is 10.2 Å². The van der Waals surface area contributed by atoms with Gasteiger partial charge in [0.1, 0.15) is 5.69 Å². The first-order valence-electron chi connectivity index (χ1n) is 15.6. The summed E-state index contributed by atoms with van der Waals surface area (Å²) in [5.41, 5.74) is 6.04. The van der Waals surface area contributed by atoms with Gasteiger partial charge in [-0.05, 0) is 35.4 Å². The van der Waals surface area contributed by atoms with Crippen molar-refractivity contribution < 1.29 is 19.8 Å². The highest BCUT2D eigenvalue weighted by atomic mass is 16.4. The molecule has 0 saturated carbocycles. The molecule has 2 N–H and O–H groups in total. The summed E-state index contributed by atoms with van der Waals surface area (Å²) >= 11 is 0. The minimum absolute atomic E-state index is 0.0541. The van der Waals surface area contributed by atoms with Gasteiger partial charge in [0, 0.05) is 65.4 Å². The minimum atomic E-state index is -0.861. The van der Waals surface area contributed by atoms with E-state index >= 15 is 0 Å². The fraction of sp³-hybridized carbons (Fsp3) is 0.394. The van der Waals surface area contributed by atoms with Crippen molar-refractivity contribution in [3.8, 4) is 22.5 Å². The van der Waals surface area contributed by atoms with E-state index in [2.05, 4.69) is 44.4 Å². The third-order valence-corrected chi connectivity index (χ3v) is 8.39. The summed E-state index contributed by atoms with van der Waals surface area (Å²) in [4.78, 5) is 42.1. The van der Waals surface area contributed by atoms with Crippen molar-refractivity contribution in [1.82, 2.24) is 44.6 Å². The van der Waals surface area contributed by atoms with Gasteiger partial charge >= 0.3 is 11.9 Å². The Bertz CT molecular complexity index is 1620. The van der Waals surface area contributed by atoms with Crippen LogP contribution in [0.5, 0.6) is 0 Å². The second-order valence-electron chi connectivity index (χ2n) is 11.9. The van der Waals surface area contributed by atoms with Crippen LogP contribution in [0.3, 0.4) is 0 Å². The summed E-state index contributed by atoms with van der Waals surface area (Å²) in [6.07, 6.45) is 1.89. The van der Waals surface area contributed by atoms with Crippen LogP contribution in [-0.4, -0.2) is 132 Å². The Hall–Kier alpha value is -4.56. The molecule has 0 unspecified atom stereocenters. The zero-order valence-corrected chi connectivity index (χ0v) is 25.8. The van der Waals surface area contributed by atoms with E-state index in [0.717, 1.165) is 28.2 Å². The van der Waals surface area contributed by atoms with Crippen molar-refractivity contribution in [3.63, 3.8) is 0 Å². The topological polar surface area (TPSA) is 144 Å². The molecule has 0 amide bonds.